The number of aliphatic carboxylic acids is 1. The van der Waals surface area contributed by atoms with Crippen LogP contribution in [0.2, 0.25) is 5.02 Å². The lowest BCUT2D eigenvalue weighted by Crippen LogP contribution is -2.39. The molecular formula is C14H18ClNO4S. The molecule has 0 radical (unpaired) electrons. The van der Waals surface area contributed by atoms with Gasteiger partial charge in [0.2, 0.25) is 0 Å². The van der Waals surface area contributed by atoms with Crippen molar-refractivity contribution in [2.24, 2.45) is 0 Å². The van der Waals surface area contributed by atoms with Crippen LogP contribution in [0, 0.1) is 6.92 Å². The van der Waals surface area contributed by atoms with E-state index in [1.807, 2.05) is 19.1 Å². The molecule has 1 fully saturated rings. The summed E-state index contributed by atoms with van der Waals surface area (Å²) in [5.41, 5.74) is 1.93. The molecule has 1 aromatic rings. The molecule has 0 amide bonds. The summed E-state index contributed by atoms with van der Waals surface area (Å²) < 4.78 is 23.2. The predicted molar refractivity (Wildman–Crippen MR) is 81.3 cm³/mol. The van der Waals surface area contributed by atoms with E-state index in [9.17, 15) is 13.2 Å². The molecule has 0 aliphatic carbocycles. The number of hydrogen-bond acceptors (Lipinski definition) is 4. The molecule has 1 N–H and O–H groups in total. The third-order valence-corrected chi connectivity index (χ3v) is 5.73. The van der Waals surface area contributed by atoms with E-state index < -0.39 is 15.8 Å². The molecule has 0 aromatic heterocycles. The molecule has 0 saturated carbocycles. The Labute approximate surface area is 129 Å². The fourth-order valence-corrected chi connectivity index (χ4v) is 4.59. The number of benzene rings is 1. The average molecular weight is 332 g/mol. The standard InChI is InChI=1S/C14H18ClNO4S/c1-10-6-12(15)3-2-11(10)7-16(8-14(17)18)13-4-5-21(19,20)9-13/h2-3,6,13H,4-5,7-9H2,1H3,(H,17,18). The zero-order valence-electron chi connectivity index (χ0n) is 11.8. The number of carbonyl (C=O) groups is 1. The Kier molecular flexibility index (Phi) is 4.91. The van der Waals surface area contributed by atoms with Crippen LogP contribution >= 0.6 is 11.6 Å². The number of halogens is 1. The van der Waals surface area contributed by atoms with Crippen LogP contribution in [0.5, 0.6) is 0 Å². The first-order chi connectivity index (χ1) is 9.77. The molecule has 1 saturated heterocycles. The largest absolute Gasteiger partial charge is 0.480 e. The van der Waals surface area contributed by atoms with Gasteiger partial charge in [-0.05, 0) is 36.6 Å². The minimum atomic E-state index is -3.04. The molecule has 1 aliphatic rings. The number of carboxylic acid groups (broad SMARTS) is 1. The van der Waals surface area contributed by atoms with Crippen molar-refractivity contribution in [2.45, 2.75) is 25.9 Å². The molecule has 1 atom stereocenters. The summed E-state index contributed by atoms with van der Waals surface area (Å²) in [6, 6.07) is 5.20. The molecule has 1 aromatic carbocycles. The number of nitrogens with zero attached hydrogens (tertiary/aromatic N) is 1. The quantitative estimate of drug-likeness (QED) is 0.889. The van der Waals surface area contributed by atoms with Crippen LogP contribution in [0.3, 0.4) is 0 Å². The smallest absolute Gasteiger partial charge is 0.317 e. The van der Waals surface area contributed by atoms with E-state index in [1.54, 1.807) is 11.0 Å². The summed E-state index contributed by atoms with van der Waals surface area (Å²) in [5.74, 6) is -0.786. The molecule has 5 nitrogen and oxygen atoms in total. The maximum atomic E-state index is 11.6. The zero-order chi connectivity index (χ0) is 15.6. The zero-order valence-corrected chi connectivity index (χ0v) is 13.3. The van der Waals surface area contributed by atoms with Crippen molar-refractivity contribution in [2.75, 3.05) is 18.1 Å². The van der Waals surface area contributed by atoms with Crippen LogP contribution in [0.1, 0.15) is 17.5 Å². The third-order valence-electron chi connectivity index (χ3n) is 3.74. The lowest BCUT2D eigenvalue weighted by atomic mass is 10.1. The lowest BCUT2D eigenvalue weighted by molar-refractivity contribution is -0.139. The Balaban J connectivity index is 2.18. The Bertz CT molecular complexity index is 644. The van der Waals surface area contributed by atoms with Gasteiger partial charge in [0.15, 0.2) is 9.84 Å². The SMILES string of the molecule is Cc1cc(Cl)ccc1CN(CC(=O)O)C1CCS(=O)(=O)C1. The summed E-state index contributed by atoms with van der Waals surface area (Å²) in [6.45, 7) is 2.16. The molecule has 0 bridgehead atoms. The normalized spacial score (nSPS) is 20.8. The Morgan fingerprint density at radius 1 is 1.48 bits per heavy atom. The van der Waals surface area contributed by atoms with Gasteiger partial charge < -0.3 is 5.11 Å². The van der Waals surface area contributed by atoms with Crippen molar-refractivity contribution >= 4 is 27.4 Å². The van der Waals surface area contributed by atoms with Crippen LogP contribution < -0.4 is 0 Å². The monoisotopic (exact) mass is 331 g/mol. The number of carboxylic acids is 1. The van der Waals surface area contributed by atoms with E-state index in [0.29, 0.717) is 18.0 Å². The molecule has 1 unspecified atom stereocenters. The van der Waals surface area contributed by atoms with Gasteiger partial charge in [0.05, 0.1) is 18.1 Å². The maximum Gasteiger partial charge on any atom is 0.317 e. The van der Waals surface area contributed by atoms with E-state index in [1.165, 1.54) is 0 Å². The number of aryl methyl sites for hydroxylation is 1. The molecule has 1 aliphatic heterocycles. The summed E-state index contributed by atoms with van der Waals surface area (Å²) in [5, 5.41) is 9.68. The van der Waals surface area contributed by atoms with Gasteiger partial charge in [0, 0.05) is 17.6 Å². The molecule has 1 heterocycles. The van der Waals surface area contributed by atoms with Crippen molar-refractivity contribution in [3.05, 3.63) is 34.3 Å². The first kappa shape index (κ1) is 16.3. The van der Waals surface area contributed by atoms with E-state index >= 15 is 0 Å². The summed E-state index contributed by atoms with van der Waals surface area (Å²) >= 11 is 5.92. The van der Waals surface area contributed by atoms with Gasteiger partial charge >= 0.3 is 5.97 Å². The van der Waals surface area contributed by atoms with Crippen LogP contribution in [-0.4, -0.2) is 48.5 Å². The number of rotatable bonds is 5. The topological polar surface area (TPSA) is 74.7 Å². The number of hydrogen-bond donors (Lipinski definition) is 1. The van der Waals surface area contributed by atoms with Crippen molar-refractivity contribution < 1.29 is 18.3 Å². The highest BCUT2D eigenvalue weighted by atomic mass is 35.5. The Morgan fingerprint density at radius 2 is 2.19 bits per heavy atom. The molecule has 116 valence electrons. The van der Waals surface area contributed by atoms with Gasteiger partial charge in [0.1, 0.15) is 0 Å². The molecule has 21 heavy (non-hydrogen) atoms. The van der Waals surface area contributed by atoms with Crippen molar-refractivity contribution in [1.82, 2.24) is 4.90 Å². The van der Waals surface area contributed by atoms with Crippen LogP contribution in [0.25, 0.3) is 0 Å². The first-order valence-corrected chi connectivity index (χ1v) is 8.88. The van der Waals surface area contributed by atoms with E-state index in [0.717, 1.165) is 11.1 Å². The molecule has 2 rings (SSSR count). The lowest BCUT2D eigenvalue weighted by Gasteiger charge is -2.27. The maximum absolute atomic E-state index is 11.6. The fourth-order valence-electron chi connectivity index (χ4n) is 2.61. The van der Waals surface area contributed by atoms with Gasteiger partial charge in [-0.25, -0.2) is 8.42 Å². The first-order valence-electron chi connectivity index (χ1n) is 6.68. The summed E-state index contributed by atoms with van der Waals surface area (Å²) in [7, 11) is -3.04. The highest BCUT2D eigenvalue weighted by molar-refractivity contribution is 7.91. The second-order valence-electron chi connectivity index (χ2n) is 5.43. The minimum Gasteiger partial charge on any atom is -0.480 e. The number of sulfone groups is 1. The van der Waals surface area contributed by atoms with E-state index in [-0.39, 0.29) is 24.1 Å². The summed E-state index contributed by atoms with van der Waals surface area (Å²) in [6.07, 6.45) is 0.488. The van der Waals surface area contributed by atoms with Crippen molar-refractivity contribution in [3.63, 3.8) is 0 Å². The van der Waals surface area contributed by atoms with Crippen molar-refractivity contribution in [1.29, 1.82) is 0 Å². The van der Waals surface area contributed by atoms with Crippen molar-refractivity contribution in [3.8, 4) is 0 Å². The van der Waals surface area contributed by atoms with Gasteiger partial charge in [-0.1, -0.05) is 17.7 Å². The fraction of sp³-hybridized carbons (Fsp3) is 0.500. The highest BCUT2D eigenvalue weighted by Gasteiger charge is 2.33. The van der Waals surface area contributed by atoms with Gasteiger partial charge in [0.25, 0.3) is 0 Å². The molecular weight excluding hydrogens is 314 g/mol. The van der Waals surface area contributed by atoms with E-state index in [4.69, 9.17) is 16.7 Å². The molecule has 7 heteroatoms. The second-order valence-corrected chi connectivity index (χ2v) is 8.09. The van der Waals surface area contributed by atoms with E-state index in [2.05, 4.69) is 0 Å². The van der Waals surface area contributed by atoms with Crippen LogP contribution in [-0.2, 0) is 21.2 Å². The van der Waals surface area contributed by atoms with Gasteiger partial charge in [-0.15, -0.1) is 0 Å². The Morgan fingerprint density at radius 3 is 2.71 bits per heavy atom. The third kappa shape index (κ3) is 4.43. The van der Waals surface area contributed by atoms with Gasteiger partial charge in [-0.2, -0.15) is 0 Å². The highest BCUT2D eigenvalue weighted by Crippen LogP contribution is 2.22. The van der Waals surface area contributed by atoms with Gasteiger partial charge in [-0.3, -0.25) is 9.69 Å². The van der Waals surface area contributed by atoms with Crippen LogP contribution in [0.15, 0.2) is 18.2 Å². The summed E-state index contributed by atoms with van der Waals surface area (Å²) in [4.78, 5) is 12.8. The average Bonchev–Trinajstić information content (AvgIpc) is 2.71. The predicted octanol–water partition coefficient (Wildman–Crippen LogP) is 1.72. The Hall–Kier alpha value is -1.11. The molecule has 0 spiro atoms. The second kappa shape index (κ2) is 6.34. The minimum absolute atomic E-state index is 0.0346. The van der Waals surface area contributed by atoms with Crippen LogP contribution in [0.4, 0.5) is 0 Å².